The van der Waals surface area contributed by atoms with Crippen molar-refractivity contribution in [2.24, 2.45) is 0 Å². The number of benzene rings is 1. The van der Waals surface area contributed by atoms with Gasteiger partial charge in [0.05, 0.1) is 6.04 Å². The zero-order valence-corrected chi connectivity index (χ0v) is 12.7. The zero-order valence-electron chi connectivity index (χ0n) is 11.8. The summed E-state index contributed by atoms with van der Waals surface area (Å²) in [5.41, 5.74) is 0.699. The Labute approximate surface area is 124 Å². The summed E-state index contributed by atoms with van der Waals surface area (Å²) in [6, 6.07) is 5.86. The van der Waals surface area contributed by atoms with Crippen molar-refractivity contribution in [2.75, 3.05) is 32.7 Å². The van der Waals surface area contributed by atoms with Gasteiger partial charge in [0, 0.05) is 32.7 Å². The fraction of sp³-hybridized carbons (Fsp3) is 0.571. The first-order chi connectivity index (χ1) is 10.1. The van der Waals surface area contributed by atoms with Gasteiger partial charge >= 0.3 is 0 Å². The lowest BCUT2D eigenvalue weighted by Crippen LogP contribution is -2.52. The van der Waals surface area contributed by atoms with E-state index >= 15 is 0 Å². The SMILES string of the molecule is O=S(=O)(N1CCCC1)N1CCNCC1c1cccc(F)c1. The summed E-state index contributed by atoms with van der Waals surface area (Å²) in [6.45, 7) is 2.72. The first kappa shape index (κ1) is 14.9. The number of nitrogens with zero attached hydrogens (tertiary/aromatic N) is 2. The Hall–Kier alpha value is -1.02. The molecular formula is C14H20FN3O2S. The Kier molecular flexibility index (Phi) is 4.26. The monoisotopic (exact) mass is 313 g/mol. The van der Waals surface area contributed by atoms with Crippen LogP contribution in [0.15, 0.2) is 24.3 Å². The highest BCUT2D eigenvalue weighted by molar-refractivity contribution is 7.86. The molecule has 1 aromatic rings. The minimum Gasteiger partial charge on any atom is -0.313 e. The number of nitrogens with one attached hydrogen (secondary N) is 1. The van der Waals surface area contributed by atoms with Crippen molar-refractivity contribution in [3.05, 3.63) is 35.6 Å². The topological polar surface area (TPSA) is 52.7 Å². The molecule has 0 spiro atoms. The average Bonchev–Trinajstić information content (AvgIpc) is 3.02. The van der Waals surface area contributed by atoms with Gasteiger partial charge in [-0.1, -0.05) is 12.1 Å². The number of rotatable bonds is 3. The van der Waals surface area contributed by atoms with E-state index in [0.29, 0.717) is 38.3 Å². The highest BCUT2D eigenvalue weighted by Gasteiger charge is 2.38. The fourth-order valence-corrected chi connectivity index (χ4v) is 4.88. The van der Waals surface area contributed by atoms with Crippen LogP contribution in [0.4, 0.5) is 4.39 Å². The van der Waals surface area contributed by atoms with Crippen molar-refractivity contribution >= 4 is 10.2 Å². The van der Waals surface area contributed by atoms with Gasteiger partial charge in [0.1, 0.15) is 5.82 Å². The third kappa shape index (κ3) is 2.96. The summed E-state index contributed by atoms with van der Waals surface area (Å²) in [5, 5.41) is 3.20. The van der Waals surface area contributed by atoms with Crippen LogP contribution in [0, 0.1) is 5.82 Å². The molecule has 2 fully saturated rings. The zero-order chi connectivity index (χ0) is 14.9. The second-order valence-electron chi connectivity index (χ2n) is 5.50. The van der Waals surface area contributed by atoms with Crippen molar-refractivity contribution in [3.63, 3.8) is 0 Å². The maximum absolute atomic E-state index is 13.4. The molecule has 5 nitrogen and oxygen atoms in total. The molecule has 116 valence electrons. The molecule has 2 aliphatic heterocycles. The van der Waals surface area contributed by atoms with Gasteiger partial charge in [0.15, 0.2) is 0 Å². The maximum Gasteiger partial charge on any atom is 0.282 e. The van der Waals surface area contributed by atoms with Crippen LogP contribution in [0.2, 0.25) is 0 Å². The summed E-state index contributed by atoms with van der Waals surface area (Å²) in [7, 11) is -3.47. The van der Waals surface area contributed by atoms with Gasteiger partial charge in [-0.05, 0) is 30.5 Å². The molecule has 0 aliphatic carbocycles. The lowest BCUT2D eigenvalue weighted by atomic mass is 10.1. The quantitative estimate of drug-likeness (QED) is 0.909. The molecule has 0 bridgehead atoms. The normalized spacial score (nSPS) is 25.3. The van der Waals surface area contributed by atoms with Crippen molar-refractivity contribution in [1.82, 2.24) is 13.9 Å². The second kappa shape index (κ2) is 6.00. The van der Waals surface area contributed by atoms with Crippen molar-refractivity contribution < 1.29 is 12.8 Å². The van der Waals surface area contributed by atoms with E-state index in [4.69, 9.17) is 0 Å². The Balaban J connectivity index is 1.91. The third-order valence-electron chi connectivity index (χ3n) is 4.12. The van der Waals surface area contributed by atoms with Crippen molar-refractivity contribution in [1.29, 1.82) is 0 Å². The van der Waals surface area contributed by atoms with Gasteiger partial charge in [-0.2, -0.15) is 17.0 Å². The van der Waals surface area contributed by atoms with Crippen LogP contribution in [0.3, 0.4) is 0 Å². The van der Waals surface area contributed by atoms with Crippen LogP contribution < -0.4 is 5.32 Å². The van der Waals surface area contributed by atoms with Crippen LogP contribution in [0.25, 0.3) is 0 Å². The smallest absolute Gasteiger partial charge is 0.282 e. The highest BCUT2D eigenvalue weighted by Crippen LogP contribution is 2.28. The number of piperazine rings is 1. The first-order valence-corrected chi connectivity index (χ1v) is 8.72. The van der Waals surface area contributed by atoms with Crippen LogP contribution >= 0.6 is 0 Å². The predicted molar refractivity (Wildman–Crippen MR) is 78.4 cm³/mol. The van der Waals surface area contributed by atoms with Crippen LogP contribution in [-0.2, 0) is 10.2 Å². The molecule has 7 heteroatoms. The largest absolute Gasteiger partial charge is 0.313 e. The predicted octanol–water partition coefficient (Wildman–Crippen LogP) is 1.11. The molecule has 0 saturated carbocycles. The Morgan fingerprint density at radius 3 is 2.67 bits per heavy atom. The van der Waals surface area contributed by atoms with Gasteiger partial charge in [0.25, 0.3) is 10.2 Å². The lowest BCUT2D eigenvalue weighted by molar-refractivity contribution is 0.252. The van der Waals surface area contributed by atoms with E-state index in [9.17, 15) is 12.8 Å². The van der Waals surface area contributed by atoms with E-state index in [1.165, 1.54) is 16.4 Å². The van der Waals surface area contributed by atoms with Crippen molar-refractivity contribution in [2.45, 2.75) is 18.9 Å². The number of hydrogen-bond donors (Lipinski definition) is 1. The lowest BCUT2D eigenvalue weighted by Gasteiger charge is -2.37. The molecule has 0 amide bonds. The first-order valence-electron chi connectivity index (χ1n) is 7.32. The molecule has 2 aliphatic rings. The minimum atomic E-state index is -3.47. The summed E-state index contributed by atoms with van der Waals surface area (Å²) >= 11 is 0. The second-order valence-corrected chi connectivity index (χ2v) is 7.38. The van der Waals surface area contributed by atoms with E-state index in [0.717, 1.165) is 12.8 Å². The van der Waals surface area contributed by atoms with Crippen LogP contribution in [0.1, 0.15) is 24.4 Å². The molecule has 3 rings (SSSR count). The summed E-state index contributed by atoms with van der Waals surface area (Å²) in [5.74, 6) is -0.336. The van der Waals surface area contributed by atoms with Crippen molar-refractivity contribution in [3.8, 4) is 0 Å². The standard InChI is InChI=1S/C14H20FN3O2S/c15-13-5-3-4-12(10-13)14-11-16-6-9-18(14)21(19,20)17-7-1-2-8-17/h3-5,10,14,16H,1-2,6-9,11H2. The molecule has 1 aromatic carbocycles. The highest BCUT2D eigenvalue weighted by atomic mass is 32.2. The molecule has 2 saturated heterocycles. The fourth-order valence-electron chi connectivity index (χ4n) is 3.03. The summed E-state index contributed by atoms with van der Waals surface area (Å²) in [6.07, 6.45) is 1.83. The van der Waals surface area contributed by atoms with Crippen LogP contribution in [-0.4, -0.2) is 49.8 Å². The molecule has 2 heterocycles. The molecule has 21 heavy (non-hydrogen) atoms. The van der Waals surface area contributed by atoms with E-state index in [1.807, 2.05) is 0 Å². The van der Waals surface area contributed by atoms with Gasteiger partial charge in [-0.3, -0.25) is 0 Å². The third-order valence-corrected chi connectivity index (χ3v) is 6.16. The molecule has 1 unspecified atom stereocenters. The van der Waals surface area contributed by atoms with Gasteiger partial charge in [-0.25, -0.2) is 4.39 Å². The van der Waals surface area contributed by atoms with Gasteiger partial charge in [-0.15, -0.1) is 0 Å². The Morgan fingerprint density at radius 1 is 1.19 bits per heavy atom. The van der Waals surface area contributed by atoms with Gasteiger partial charge < -0.3 is 5.32 Å². The molecule has 0 aromatic heterocycles. The van der Waals surface area contributed by atoms with E-state index in [2.05, 4.69) is 5.32 Å². The van der Waals surface area contributed by atoms with E-state index < -0.39 is 10.2 Å². The molecular weight excluding hydrogens is 293 g/mol. The van der Waals surface area contributed by atoms with Crippen LogP contribution in [0.5, 0.6) is 0 Å². The maximum atomic E-state index is 13.4. The average molecular weight is 313 g/mol. The number of halogens is 1. The molecule has 1 atom stereocenters. The Bertz CT molecular complexity index is 602. The van der Waals surface area contributed by atoms with E-state index in [1.54, 1.807) is 16.4 Å². The molecule has 0 radical (unpaired) electrons. The molecule has 1 N–H and O–H groups in total. The summed E-state index contributed by atoms with van der Waals surface area (Å²) < 4.78 is 42.1. The van der Waals surface area contributed by atoms with E-state index in [-0.39, 0.29) is 11.9 Å². The summed E-state index contributed by atoms with van der Waals surface area (Å²) in [4.78, 5) is 0. The van der Waals surface area contributed by atoms with Gasteiger partial charge in [0.2, 0.25) is 0 Å². The Morgan fingerprint density at radius 2 is 1.95 bits per heavy atom. The minimum absolute atomic E-state index is 0.336. The number of hydrogen-bond acceptors (Lipinski definition) is 3.